The Morgan fingerprint density at radius 1 is 1.24 bits per heavy atom. The minimum atomic E-state index is -0.510. The van der Waals surface area contributed by atoms with Crippen molar-refractivity contribution in [2.45, 2.75) is 19.4 Å². The maximum absolute atomic E-state index is 12.0. The number of hydrogen-bond acceptors (Lipinski definition) is 4. The predicted octanol–water partition coefficient (Wildman–Crippen LogP) is 0.700. The molecule has 0 aliphatic carbocycles. The smallest absolute Gasteiger partial charge is 0.271 e. The third-order valence-electron chi connectivity index (χ3n) is 2.74. The standard InChI is InChI=1S/C15H18N4O2/c1-15(2,16)10-17-14(21)12-8-9-13(20)19(18-12)11-6-4-3-5-7-11/h3-9H,10,16H2,1-2H3,(H,17,21). The summed E-state index contributed by atoms with van der Waals surface area (Å²) in [4.78, 5) is 23.9. The fourth-order valence-electron chi connectivity index (χ4n) is 1.69. The van der Waals surface area contributed by atoms with E-state index in [2.05, 4.69) is 10.4 Å². The van der Waals surface area contributed by atoms with Crippen molar-refractivity contribution in [1.82, 2.24) is 15.1 Å². The Bertz CT molecular complexity index is 687. The fourth-order valence-corrected chi connectivity index (χ4v) is 1.69. The van der Waals surface area contributed by atoms with Crippen molar-refractivity contribution in [1.29, 1.82) is 0 Å². The molecule has 2 rings (SSSR count). The van der Waals surface area contributed by atoms with Crippen LogP contribution in [0.4, 0.5) is 0 Å². The maximum Gasteiger partial charge on any atom is 0.271 e. The van der Waals surface area contributed by atoms with Crippen molar-refractivity contribution in [3.05, 3.63) is 58.5 Å². The molecule has 1 amide bonds. The van der Waals surface area contributed by atoms with E-state index in [-0.39, 0.29) is 17.2 Å². The van der Waals surface area contributed by atoms with Gasteiger partial charge in [0.25, 0.3) is 11.5 Å². The molecule has 0 saturated heterocycles. The molecular weight excluding hydrogens is 268 g/mol. The van der Waals surface area contributed by atoms with Crippen LogP contribution in [0.15, 0.2) is 47.3 Å². The molecule has 0 bridgehead atoms. The molecule has 0 fully saturated rings. The number of nitrogens with zero attached hydrogens (tertiary/aromatic N) is 2. The molecule has 1 aromatic heterocycles. The lowest BCUT2D eigenvalue weighted by molar-refractivity contribution is 0.0939. The van der Waals surface area contributed by atoms with Crippen LogP contribution in [0.5, 0.6) is 0 Å². The second kappa shape index (κ2) is 5.88. The van der Waals surface area contributed by atoms with Gasteiger partial charge in [-0.05, 0) is 32.0 Å². The number of benzene rings is 1. The van der Waals surface area contributed by atoms with Gasteiger partial charge in [0.1, 0.15) is 5.69 Å². The van der Waals surface area contributed by atoms with Crippen molar-refractivity contribution in [3.8, 4) is 5.69 Å². The second-order valence-electron chi connectivity index (χ2n) is 5.48. The lowest BCUT2D eigenvalue weighted by Gasteiger charge is -2.18. The predicted molar refractivity (Wildman–Crippen MR) is 80.4 cm³/mol. The van der Waals surface area contributed by atoms with E-state index in [4.69, 9.17) is 5.73 Å². The van der Waals surface area contributed by atoms with Gasteiger partial charge in [0.15, 0.2) is 0 Å². The fraction of sp³-hybridized carbons (Fsp3) is 0.267. The number of amides is 1. The molecular formula is C15H18N4O2. The van der Waals surface area contributed by atoms with Crippen LogP contribution in [0.3, 0.4) is 0 Å². The van der Waals surface area contributed by atoms with Crippen LogP contribution in [0, 0.1) is 0 Å². The van der Waals surface area contributed by atoms with Crippen molar-refractivity contribution in [3.63, 3.8) is 0 Å². The summed E-state index contributed by atoms with van der Waals surface area (Å²) in [5.74, 6) is -0.363. The van der Waals surface area contributed by atoms with Gasteiger partial charge in [0.2, 0.25) is 0 Å². The molecule has 1 aromatic carbocycles. The highest BCUT2D eigenvalue weighted by atomic mass is 16.2. The summed E-state index contributed by atoms with van der Waals surface area (Å²) >= 11 is 0. The highest BCUT2D eigenvalue weighted by molar-refractivity contribution is 5.92. The third-order valence-corrected chi connectivity index (χ3v) is 2.74. The quantitative estimate of drug-likeness (QED) is 0.865. The van der Waals surface area contributed by atoms with Gasteiger partial charge in [0.05, 0.1) is 5.69 Å². The topological polar surface area (TPSA) is 90.0 Å². The molecule has 1 heterocycles. The summed E-state index contributed by atoms with van der Waals surface area (Å²) in [6, 6.07) is 11.7. The molecule has 0 radical (unpaired) electrons. The molecule has 0 aliphatic rings. The van der Waals surface area contributed by atoms with Crippen molar-refractivity contribution >= 4 is 5.91 Å². The minimum Gasteiger partial charge on any atom is -0.349 e. The van der Waals surface area contributed by atoms with Gasteiger partial charge in [-0.15, -0.1) is 0 Å². The Morgan fingerprint density at radius 3 is 2.52 bits per heavy atom. The number of nitrogens with one attached hydrogen (secondary N) is 1. The number of carbonyl (C=O) groups is 1. The van der Waals surface area contributed by atoms with E-state index in [0.717, 1.165) is 0 Å². The van der Waals surface area contributed by atoms with Crippen molar-refractivity contribution in [2.75, 3.05) is 6.54 Å². The molecule has 0 saturated carbocycles. The Hall–Kier alpha value is -2.47. The van der Waals surface area contributed by atoms with E-state index in [9.17, 15) is 9.59 Å². The average molecular weight is 286 g/mol. The van der Waals surface area contributed by atoms with Gasteiger partial charge < -0.3 is 11.1 Å². The van der Waals surface area contributed by atoms with E-state index in [1.54, 1.807) is 24.3 Å². The van der Waals surface area contributed by atoms with Gasteiger partial charge in [-0.3, -0.25) is 9.59 Å². The summed E-state index contributed by atoms with van der Waals surface area (Å²) < 4.78 is 1.20. The van der Waals surface area contributed by atoms with E-state index < -0.39 is 5.54 Å². The van der Waals surface area contributed by atoms with Crippen LogP contribution in [0.1, 0.15) is 24.3 Å². The van der Waals surface area contributed by atoms with Crippen LogP contribution in [0.2, 0.25) is 0 Å². The average Bonchev–Trinajstić information content (AvgIpc) is 2.45. The van der Waals surface area contributed by atoms with Crippen LogP contribution < -0.4 is 16.6 Å². The number of para-hydroxylation sites is 1. The number of aromatic nitrogens is 2. The lowest BCUT2D eigenvalue weighted by Crippen LogP contribution is -2.45. The first-order chi connectivity index (χ1) is 9.87. The number of hydrogen-bond donors (Lipinski definition) is 2. The normalized spacial score (nSPS) is 11.2. The van der Waals surface area contributed by atoms with Gasteiger partial charge in [-0.2, -0.15) is 9.78 Å². The minimum absolute atomic E-state index is 0.169. The largest absolute Gasteiger partial charge is 0.349 e. The van der Waals surface area contributed by atoms with Crippen molar-refractivity contribution in [2.24, 2.45) is 5.73 Å². The molecule has 0 aliphatic heterocycles. The first-order valence-electron chi connectivity index (χ1n) is 6.60. The summed E-state index contributed by atoms with van der Waals surface area (Å²) in [7, 11) is 0. The highest BCUT2D eigenvalue weighted by Crippen LogP contribution is 2.03. The summed E-state index contributed by atoms with van der Waals surface area (Å²) in [6.07, 6.45) is 0. The third kappa shape index (κ3) is 4.00. The SMILES string of the molecule is CC(C)(N)CNC(=O)c1ccc(=O)n(-c2ccccc2)n1. The van der Waals surface area contributed by atoms with E-state index >= 15 is 0 Å². The van der Waals surface area contributed by atoms with Gasteiger partial charge in [-0.25, -0.2) is 0 Å². The Labute approximate surface area is 122 Å². The van der Waals surface area contributed by atoms with E-state index in [0.29, 0.717) is 12.2 Å². The highest BCUT2D eigenvalue weighted by Gasteiger charge is 2.15. The lowest BCUT2D eigenvalue weighted by atomic mass is 10.1. The van der Waals surface area contributed by atoms with Gasteiger partial charge in [0, 0.05) is 18.2 Å². The van der Waals surface area contributed by atoms with Crippen LogP contribution in [-0.4, -0.2) is 27.8 Å². The first-order valence-corrected chi connectivity index (χ1v) is 6.60. The van der Waals surface area contributed by atoms with Gasteiger partial charge >= 0.3 is 0 Å². The van der Waals surface area contributed by atoms with Crippen LogP contribution in [-0.2, 0) is 0 Å². The van der Waals surface area contributed by atoms with Crippen LogP contribution >= 0.6 is 0 Å². The molecule has 6 heteroatoms. The molecule has 6 nitrogen and oxygen atoms in total. The zero-order chi connectivity index (χ0) is 15.5. The molecule has 0 atom stereocenters. The Kier molecular flexibility index (Phi) is 4.18. The van der Waals surface area contributed by atoms with Crippen LogP contribution in [0.25, 0.3) is 5.69 Å². The Balaban J connectivity index is 2.27. The Morgan fingerprint density at radius 2 is 1.90 bits per heavy atom. The number of nitrogens with two attached hydrogens (primary N) is 1. The van der Waals surface area contributed by atoms with Crippen molar-refractivity contribution < 1.29 is 4.79 Å². The number of carbonyl (C=O) groups excluding carboxylic acids is 1. The monoisotopic (exact) mass is 286 g/mol. The summed E-state index contributed by atoms with van der Waals surface area (Å²) in [6.45, 7) is 3.94. The zero-order valence-corrected chi connectivity index (χ0v) is 12.0. The maximum atomic E-state index is 12.0. The second-order valence-corrected chi connectivity index (χ2v) is 5.48. The van der Waals surface area contributed by atoms with E-state index in [1.807, 2.05) is 19.9 Å². The number of rotatable bonds is 4. The molecule has 21 heavy (non-hydrogen) atoms. The summed E-state index contributed by atoms with van der Waals surface area (Å²) in [5, 5.41) is 6.79. The molecule has 0 unspecified atom stereocenters. The zero-order valence-electron chi connectivity index (χ0n) is 12.0. The first kappa shape index (κ1) is 14.9. The molecule has 0 spiro atoms. The van der Waals surface area contributed by atoms with Gasteiger partial charge in [-0.1, -0.05) is 18.2 Å². The molecule has 3 N–H and O–H groups in total. The molecule has 2 aromatic rings. The summed E-state index contributed by atoms with van der Waals surface area (Å²) in [5.41, 5.74) is 5.79. The van der Waals surface area contributed by atoms with E-state index in [1.165, 1.54) is 16.8 Å². The molecule has 110 valence electrons.